The Hall–Kier alpha value is -1.45. The number of ketones is 1. The second kappa shape index (κ2) is 8.11. The quantitative estimate of drug-likeness (QED) is 0.686. The fourth-order valence-electron chi connectivity index (χ4n) is 2.27. The highest BCUT2D eigenvalue weighted by Crippen LogP contribution is 2.17. The summed E-state index contributed by atoms with van der Waals surface area (Å²) in [6.07, 6.45) is 1.49. The highest BCUT2D eigenvalue weighted by molar-refractivity contribution is 9.10. The summed E-state index contributed by atoms with van der Waals surface area (Å²) >= 11 is 3.57. The van der Waals surface area contributed by atoms with Crippen molar-refractivity contribution in [2.75, 3.05) is 13.6 Å². The van der Waals surface area contributed by atoms with E-state index in [2.05, 4.69) is 40.0 Å². The molecule has 0 aromatic heterocycles. The molecule has 0 N–H and O–H groups in total. The van der Waals surface area contributed by atoms with E-state index in [1.54, 1.807) is 0 Å². The summed E-state index contributed by atoms with van der Waals surface area (Å²) in [6, 6.07) is 17.8. The van der Waals surface area contributed by atoms with Gasteiger partial charge < -0.3 is 4.90 Å². The zero-order chi connectivity index (χ0) is 15.1. The van der Waals surface area contributed by atoms with Crippen LogP contribution in [0.2, 0.25) is 0 Å². The highest BCUT2D eigenvalue weighted by Gasteiger charge is 2.07. The molecule has 3 heteroatoms. The monoisotopic (exact) mass is 345 g/mol. The fraction of sp³-hybridized carbons (Fsp3) is 0.278. The molecular formula is C18H20BrNO. The molecule has 0 aliphatic heterocycles. The van der Waals surface area contributed by atoms with Crippen LogP contribution in [0.15, 0.2) is 59.1 Å². The van der Waals surface area contributed by atoms with E-state index in [-0.39, 0.29) is 5.78 Å². The zero-order valence-corrected chi connectivity index (χ0v) is 13.8. The molecule has 0 fully saturated rings. The van der Waals surface area contributed by atoms with E-state index in [1.807, 2.05) is 42.5 Å². The Balaban J connectivity index is 1.76. The third kappa shape index (κ3) is 5.10. The lowest BCUT2D eigenvalue weighted by Crippen LogP contribution is -2.20. The van der Waals surface area contributed by atoms with Crippen LogP contribution in [0, 0.1) is 0 Å². The lowest BCUT2D eigenvalue weighted by Gasteiger charge is -2.17. The van der Waals surface area contributed by atoms with Crippen LogP contribution in [0.3, 0.4) is 0 Å². The van der Waals surface area contributed by atoms with Gasteiger partial charge in [-0.25, -0.2) is 0 Å². The first-order chi connectivity index (χ1) is 10.2. The lowest BCUT2D eigenvalue weighted by atomic mass is 10.1. The van der Waals surface area contributed by atoms with Crippen molar-refractivity contribution in [3.63, 3.8) is 0 Å². The first-order valence-corrected chi connectivity index (χ1v) is 7.96. The van der Waals surface area contributed by atoms with Gasteiger partial charge in [0.1, 0.15) is 0 Å². The molecule has 0 aliphatic carbocycles. The van der Waals surface area contributed by atoms with E-state index in [0.29, 0.717) is 6.42 Å². The molecule has 110 valence electrons. The minimum atomic E-state index is 0.227. The molecule has 0 saturated carbocycles. The van der Waals surface area contributed by atoms with Gasteiger partial charge in [-0.3, -0.25) is 4.79 Å². The van der Waals surface area contributed by atoms with E-state index >= 15 is 0 Å². The first-order valence-electron chi connectivity index (χ1n) is 7.17. The molecule has 21 heavy (non-hydrogen) atoms. The Bertz CT molecular complexity index is 583. The summed E-state index contributed by atoms with van der Waals surface area (Å²) in [5, 5.41) is 0. The maximum Gasteiger partial charge on any atom is 0.162 e. The number of nitrogens with zero attached hydrogens (tertiary/aromatic N) is 1. The number of rotatable bonds is 7. The summed E-state index contributed by atoms with van der Waals surface area (Å²) < 4.78 is 1.14. The van der Waals surface area contributed by atoms with Gasteiger partial charge in [0.2, 0.25) is 0 Å². The molecule has 0 saturated heterocycles. The maximum absolute atomic E-state index is 12.0. The van der Waals surface area contributed by atoms with Crippen LogP contribution in [-0.2, 0) is 6.54 Å². The van der Waals surface area contributed by atoms with Crippen LogP contribution in [0.1, 0.15) is 28.8 Å². The van der Waals surface area contributed by atoms with Crippen molar-refractivity contribution in [1.29, 1.82) is 0 Å². The summed E-state index contributed by atoms with van der Waals surface area (Å²) in [4.78, 5) is 14.3. The van der Waals surface area contributed by atoms with Gasteiger partial charge in [-0.15, -0.1) is 0 Å². The van der Waals surface area contributed by atoms with E-state index in [9.17, 15) is 4.79 Å². The SMILES string of the molecule is CN(CCCC(=O)c1ccccc1)Cc1ccccc1Br. The second-order valence-corrected chi connectivity index (χ2v) is 6.08. The normalized spacial score (nSPS) is 10.8. The molecule has 2 nitrogen and oxygen atoms in total. The number of hydrogen-bond acceptors (Lipinski definition) is 2. The van der Waals surface area contributed by atoms with Gasteiger partial charge in [0, 0.05) is 23.0 Å². The predicted octanol–water partition coefficient (Wildman–Crippen LogP) is 4.54. The number of halogens is 1. The predicted molar refractivity (Wildman–Crippen MR) is 90.5 cm³/mol. The van der Waals surface area contributed by atoms with Crippen molar-refractivity contribution < 1.29 is 4.79 Å². The molecule has 0 amide bonds. The van der Waals surface area contributed by atoms with E-state index in [1.165, 1.54) is 5.56 Å². The number of hydrogen-bond donors (Lipinski definition) is 0. The van der Waals surface area contributed by atoms with Gasteiger partial charge in [0.05, 0.1) is 0 Å². The van der Waals surface area contributed by atoms with E-state index in [4.69, 9.17) is 0 Å². The van der Waals surface area contributed by atoms with Crippen LogP contribution in [-0.4, -0.2) is 24.3 Å². The highest BCUT2D eigenvalue weighted by atomic mass is 79.9. The standard InChI is InChI=1S/C18H20BrNO/c1-20(14-16-10-5-6-11-17(16)19)13-7-12-18(21)15-8-3-2-4-9-15/h2-6,8-11H,7,12-14H2,1H3. The Kier molecular flexibility index (Phi) is 6.15. The maximum atomic E-state index is 12.0. The summed E-state index contributed by atoms with van der Waals surface area (Å²) in [5.41, 5.74) is 2.08. The molecule has 0 aliphatic rings. The average molecular weight is 346 g/mol. The summed E-state index contributed by atoms with van der Waals surface area (Å²) in [6.45, 7) is 1.81. The van der Waals surface area contributed by atoms with E-state index < -0.39 is 0 Å². The Morgan fingerprint density at radius 2 is 1.71 bits per heavy atom. The molecule has 0 bridgehead atoms. The molecular weight excluding hydrogens is 326 g/mol. The molecule has 2 aromatic rings. The molecule has 2 aromatic carbocycles. The third-order valence-electron chi connectivity index (χ3n) is 3.44. The van der Waals surface area contributed by atoms with Gasteiger partial charge in [-0.1, -0.05) is 64.5 Å². The molecule has 0 radical (unpaired) electrons. The van der Waals surface area contributed by atoms with Crippen molar-refractivity contribution >= 4 is 21.7 Å². The number of carbonyl (C=O) groups excluding carboxylic acids is 1. The van der Waals surface area contributed by atoms with Gasteiger partial charge in [0.25, 0.3) is 0 Å². The average Bonchev–Trinajstić information content (AvgIpc) is 2.50. The molecule has 0 spiro atoms. The number of carbonyl (C=O) groups is 1. The minimum Gasteiger partial charge on any atom is -0.302 e. The van der Waals surface area contributed by atoms with Crippen LogP contribution in [0.25, 0.3) is 0 Å². The minimum absolute atomic E-state index is 0.227. The van der Waals surface area contributed by atoms with Crippen molar-refractivity contribution in [3.05, 3.63) is 70.2 Å². The lowest BCUT2D eigenvalue weighted by molar-refractivity contribution is 0.0976. The smallest absolute Gasteiger partial charge is 0.162 e. The third-order valence-corrected chi connectivity index (χ3v) is 4.21. The second-order valence-electron chi connectivity index (χ2n) is 5.22. The van der Waals surface area contributed by atoms with Gasteiger partial charge >= 0.3 is 0 Å². The topological polar surface area (TPSA) is 20.3 Å². The van der Waals surface area contributed by atoms with Gasteiger partial charge in [-0.05, 0) is 31.6 Å². The van der Waals surface area contributed by atoms with Crippen molar-refractivity contribution in [2.45, 2.75) is 19.4 Å². The summed E-state index contributed by atoms with van der Waals surface area (Å²) in [7, 11) is 2.09. The van der Waals surface area contributed by atoms with Gasteiger partial charge in [-0.2, -0.15) is 0 Å². The van der Waals surface area contributed by atoms with Crippen LogP contribution >= 0.6 is 15.9 Å². The Morgan fingerprint density at radius 1 is 1.05 bits per heavy atom. The van der Waals surface area contributed by atoms with Crippen molar-refractivity contribution in [1.82, 2.24) is 4.90 Å². The number of benzene rings is 2. The molecule has 0 heterocycles. The first kappa shape index (κ1) is 15.9. The largest absolute Gasteiger partial charge is 0.302 e. The Labute approximate surface area is 134 Å². The van der Waals surface area contributed by atoms with Crippen molar-refractivity contribution in [3.8, 4) is 0 Å². The van der Waals surface area contributed by atoms with Crippen LogP contribution < -0.4 is 0 Å². The zero-order valence-electron chi connectivity index (χ0n) is 12.3. The van der Waals surface area contributed by atoms with Gasteiger partial charge in [0.15, 0.2) is 5.78 Å². The van der Waals surface area contributed by atoms with Crippen LogP contribution in [0.4, 0.5) is 0 Å². The Morgan fingerprint density at radius 3 is 2.43 bits per heavy atom. The molecule has 2 rings (SSSR count). The van der Waals surface area contributed by atoms with Crippen LogP contribution in [0.5, 0.6) is 0 Å². The molecule has 0 unspecified atom stereocenters. The molecule has 0 atom stereocenters. The summed E-state index contributed by atoms with van der Waals surface area (Å²) in [5.74, 6) is 0.227. The van der Waals surface area contributed by atoms with Crippen molar-refractivity contribution in [2.24, 2.45) is 0 Å². The van der Waals surface area contributed by atoms with E-state index in [0.717, 1.165) is 29.5 Å². The number of Topliss-reactive ketones (excluding diaryl/α,β-unsaturated/α-hetero) is 1. The fourth-order valence-corrected chi connectivity index (χ4v) is 2.68.